The van der Waals surface area contributed by atoms with E-state index in [-0.39, 0.29) is 18.5 Å². The van der Waals surface area contributed by atoms with Crippen molar-refractivity contribution in [1.82, 2.24) is 5.32 Å². The Morgan fingerprint density at radius 3 is 1.33 bits per heavy atom. The van der Waals surface area contributed by atoms with Crippen LogP contribution in [0, 0.1) is 0 Å². The summed E-state index contributed by atoms with van der Waals surface area (Å²) in [6.45, 7) is 4.03. The Labute approximate surface area is 508 Å². The molecule has 1 aliphatic heterocycles. The smallest absolute Gasteiger partial charge is 0.305 e. The van der Waals surface area contributed by atoms with Crippen molar-refractivity contribution in [3.05, 3.63) is 85.1 Å². The summed E-state index contributed by atoms with van der Waals surface area (Å²) in [6, 6.07) is -0.833. The van der Waals surface area contributed by atoms with E-state index in [1.54, 1.807) is 6.08 Å². The van der Waals surface area contributed by atoms with Gasteiger partial charge >= 0.3 is 5.97 Å². The average molecular weight is 1170 g/mol. The number of allylic oxidation sites excluding steroid dienone is 13. The molecule has 0 aliphatic carbocycles. The van der Waals surface area contributed by atoms with Gasteiger partial charge in [-0.3, -0.25) is 9.59 Å². The van der Waals surface area contributed by atoms with E-state index in [2.05, 4.69) is 79.1 Å². The normalized spacial score (nSPS) is 18.7. The van der Waals surface area contributed by atoms with Crippen LogP contribution in [0.15, 0.2) is 85.1 Å². The van der Waals surface area contributed by atoms with Crippen molar-refractivity contribution >= 4 is 11.9 Å². The molecule has 11 nitrogen and oxygen atoms in total. The fourth-order valence-corrected chi connectivity index (χ4v) is 10.4. The molecular formula is C72H127NO10. The number of aliphatic hydroxyl groups excluding tert-OH is 5. The molecule has 1 rings (SSSR count). The molecule has 11 heteroatoms. The molecule has 6 N–H and O–H groups in total. The Balaban J connectivity index is 1.93. The molecule has 0 aromatic carbocycles. The molecule has 1 amide bonds. The number of unbranched alkanes of at least 4 members (excludes halogenated alkanes) is 34. The summed E-state index contributed by atoms with van der Waals surface area (Å²) in [7, 11) is 0. The third-order valence-corrected chi connectivity index (χ3v) is 15.8. The van der Waals surface area contributed by atoms with Crippen LogP contribution in [0.3, 0.4) is 0 Å². The standard InChI is InChI=1S/C72H127NO10/c1-3-5-7-9-11-13-14-36-40-44-48-52-56-60-68(77)81-61-57-53-49-45-41-38-35-33-31-29-27-25-23-21-19-17-15-16-18-20-22-24-26-28-30-32-34-37-39-43-47-51-55-59-67(76)73-64(65(75)58-54-50-46-42-12-10-8-6-4-2)63-82-72-71(80)70(79)69(78)66(62-74)83-72/h4,6-7,9,12-14,19,21,25,27,42,54,58,64-66,69-72,74-75,78-80H,3,5,8,10-11,15-18,20,22-24,26,28-41,43-53,55-57,59-63H2,1-2H3,(H,73,76)/b6-4+,9-7-,14-13-,21-19-,27-25-,42-12+,58-54+. The highest BCUT2D eigenvalue weighted by Gasteiger charge is 2.44. The van der Waals surface area contributed by atoms with Gasteiger partial charge in [-0.2, -0.15) is 0 Å². The number of aliphatic hydroxyl groups is 5. The van der Waals surface area contributed by atoms with Crippen LogP contribution >= 0.6 is 0 Å². The third kappa shape index (κ3) is 49.6. The van der Waals surface area contributed by atoms with Gasteiger partial charge in [0, 0.05) is 12.8 Å². The molecular weight excluding hydrogens is 1040 g/mol. The van der Waals surface area contributed by atoms with E-state index in [1.165, 1.54) is 193 Å². The van der Waals surface area contributed by atoms with Crippen LogP contribution in [0.25, 0.3) is 0 Å². The molecule has 0 aromatic heterocycles. The highest BCUT2D eigenvalue weighted by Crippen LogP contribution is 2.23. The maximum Gasteiger partial charge on any atom is 0.305 e. The van der Waals surface area contributed by atoms with Gasteiger partial charge in [0.15, 0.2) is 6.29 Å². The number of hydrogen-bond acceptors (Lipinski definition) is 10. The number of esters is 1. The van der Waals surface area contributed by atoms with Crippen LogP contribution in [0.1, 0.15) is 296 Å². The van der Waals surface area contributed by atoms with Crippen molar-refractivity contribution in [3.63, 3.8) is 0 Å². The Kier molecular flexibility index (Phi) is 56.8. The van der Waals surface area contributed by atoms with Crippen LogP contribution in [0.2, 0.25) is 0 Å². The fourth-order valence-electron chi connectivity index (χ4n) is 10.4. The molecule has 0 saturated carbocycles. The molecule has 0 aromatic rings. The quantitative estimate of drug-likeness (QED) is 0.0195. The summed E-state index contributed by atoms with van der Waals surface area (Å²) in [5.41, 5.74) is 0. The minimum atomic E-state index is -1.58. The fraction of sp³-hybridized carbons (Fsp3) is 0.778. The van der Waals surface area contributed by atoms with E-state index in [0.717, 1.165) is 77.0 Å². The van der Waals surface area contributed by atoms with Crippen LogP contribution in [-0.2, 0) is 23.8 Å². The Morgan fingerprint density at radius 1 is 0.470 bits per heavy atom. The molecule has 83 heavy (non-hydrogen) atoms. The molecule has 0 bridgehead atoms. The predicted molar refractivity (Wildman–Crippen MR) is 347 cm³/mol. The molecule has 1 saturated heterocycles. The highest BCUT2D eigenvalue weighted by atomic mass is 16.7. The zero-order valence-corrected chi connectivity index (χ0v) is 53.1. The number of carbonyl (C=O) groups excluding carboxylic acids is 2. The lowest BCUT2D eigenvalue weighted by Gasteiger charge is -2.40. The molecule has 7 atom stereocenters. The van der Waals surface area contributed by atoms with Crippen molar-refractivity contribution in [1.29, 1.82) is 0 Å². The average Bonchev–Trinajstić information content (AvgIpc) is 3.64. The second-order valence-corrected chi connectivity index (χ2v) is 23.5. The van der Waals surface area contributed by atoms with E-state index < -0.39 is 49.5 Å². The maximum atomic E-state index is 13.0. The number of nitrogens with one attached hydrogen (secondary N) is 1. The van der Waals surface area contributed by atoms with Crippen LogP contribution in [-0.4, -0.2) is 100 Å². The van der Waals surface area contributed by atoms with Gasteiger partial charge < -0.3 is 45.1 Å². The van der Waals surface area contributed by atoms with Gasteiger partial charge in [0.05, 0.1) is 32.0 Å². The summed E-state index contributed by atoms with van der Waals surface area (Å²) in [5, 5.41) is 54.2. The molecule has 1 aliphatic rings. The van der Waals surface area contributed by atoms with Gasteiger partial charge in [-0.15, -0.1) is 0 Å². The monoisotopic (exact) mass is 1170 g/mol. The summed E-state index contributed by atoms with van der Waals surface area (Å²) in [4.78, 5) is 25.0. The van der Waals surface area contributed by atoms with Gasteiger partial charge in [0.25, 0.3) is 0 Å². The minimum Gasteiger partial charge on any atom is -0.466 e. The lowest BCUT2D eigenvalue weighted by Crippen LogP contribution is -2.60. The van der Waals surface area contributed by atoms with Crippen molar-refractivity contribution in [2.45, 2.75) is 339 Å². The summed E-state index contributed by atoms with van der Waals surface area (Å²) in [5.74, 6) is -0.208. The Morgan fingerprint density at radius 2 is 0.867 bits per heavy atom. The van der Waals surface area contributed by atoms with E-state index in [4.69, 9.17) is 14.2 Å². The van der Waals surface area contributed by atoms with Crippen molar-refractivity contribution in [2.75, 3.05) is 19.8 Å². The number of carbonyl (C=O) groups is 2. The van der Waals surface area contributed by atoms with Gasteiger partial charge in [-0.05, 0) is 110 Å². The zero-order valence-electron chi connectivity index (χ0n) is 53.1. The molecule has 0 radical (unpaired) electrons. The number of rotatable bonds is 59. The van der Waals surface area contributed by atoms with E-state index in [1.807, 2.05) is 19.1 Å². The van der Waals surface area contributed by atoms with Crippen LogP contribution < -0.4 is 5.32 Å². The van der Waals surface area contributed by atoms with Crippen LogP contribution in [0.5, 0.6) is 0 Å². The summed E-state index contributed by atoms with van der Waals surface area (Å²) >= 11 is 0. The SMILES string of the molecule is C/C=C/CC/C=C/CC/C=C/C(O)C(COC1OC(CO)C(O)C(O)C1O)NC(=O)CCCCCCCCCCCCCCCCCCC/C=C\C/C=C\CCCCCCCCCCCOC(=O)CCCCCCC/C=C\C/C=C\CCC. The largest absolute Gasteiger partial charge is 0.466 e. The topological polar surface area (TPSA) is 175 Å². The first kappa shape index (κ1) is 77.9. The zero-order chi connectivity index (χ0) is 60.2. The van der Waals surface area contributed by atoms with Crippen molar-refractivity contribution in [2.24, 2.45) is 0 Å². The second kappa shape index (κ2) is 60.5. The number of hydrogen-bond donors (Lipinski definition) is 6. The Bertz CT molecular complexity index is 1650. The Hall–Kier alpha value is -3.16. The first-order chi connectivity index (χ1) is 40.7. The van der Waals surface area contributed by atoms with Crippen molar-refractivity contribution in [3.8, 4) is 0 Å². The first-order valence-electron chi connectivity index (χ1n) is 34.3. The second-order valence-electron chi connectivity index (χ2n) is 23.5. The lowest BCUT2D eigenvalue weighted by atomic mass is 9.99. The van der Waals surface area contributed by atoms with Crippen LogP contribution in [0.4, 0.5) is 0 Å². The molecule has 7 unspecified atom stereocenters. The summed E-state index contributed by atoms with van der Waals surface area (Å²) in [6.07, 6.45) is 73.3. The molecule has 1 fully saturated rings. The van der Waals surface area contributed by atoms with E-state index in [0.29, 0.717) is 19.4 Å². The number of amides is 1. The van der Waals surface area contributed by atoms with Crippen molar-refractivity contribution < 1.29 is 49.3 Å². The molecule has 1 heterocycles. The number of ether oxygens (including phenoxy) is 3. The molecule has 0 spiro atoms. The van der Waals surface area contributed by atoms with Gasteiger partial charge in [-0.1, -0.05) is 259 Å². The first-order valence-corrected chi connectivity index (χ1v) is 34.3. The maximum absolute atomic E-state index is 13.0. The van der Waals surface area contributed by atoms with Gasteiger partial charge in [0.1, 0.15) is 24.4 Å². The van der Waals surface area contributed by atoms with E-state index >= 15 is 0 Å². The van der Waals surface area contributed by atoms with Gasteiger partial charge in [0.2, 0.25) is 5.91 Å². The third-order valence-electron chi connectivity index (χ3n) is 15.8. The van der Waals surface area contributed by atoms with Gasteiger partial charge in [-0.25, -0.2) is 0 Å². The highest BCUT2D eigenvalue weighted by molar-refractivity contribution is 5.76. The van der Waals surface area contributed by atoms with E-state index in [9.17, 15) is 35.1 Å². The molecule has 480 valence electrons. The lowest BCUT2D eigenvalue weighted by molar-refractivity contribution is -0.302. The predicted octanol–water partition coefficient (Wildman–Crippen LogP) is 17.3. The minimum absolute atomic E-state index is 0.00977. The summed E-state index contributed by atoms with van der Waals surface area (Å²) < 4.78 is 16.7.